The highest BCUT2D eigenvalue weighted by molar-refractivity contribution is 7.98. The summed E-state index contributed by atoms with van der Waals surface area (Å²) in [5.41, 5.74) is 6.86. The summed E-state index contributed by atoms with van der Waals surface area (Å²) in [6.45, 7) is 0.231. The molecule has 0 aliphatic carbocycles. The van der Waals surface area contributed by atoms with Gasteiger partial charge in [-0.2, -0.15) is 11.8 Å². The van der Waals surface area contributed by atoms with Crippen LogP contribution in [0.2, 0.25) is 0 Å². The SMILES string of the molecule is CSCCC(NC(=O)C1CCCN1C(=O)C(CCC(=O)O)NC(=O)C(N)Cc1ccccc1)C(=O)O. The molecule has 0 bridgehead atoms. The number of carbonyl (C=O) groups excluding carboxylic acids is 3. The Labute approximate surface area is 214 Å². The first-order valence-electron chi connectivity index (χ1n) is 11.8. The van der Waals surface area contributed by atoms with Crippen LogP contribution in [0.15, 0.2) is 30.3 Å². The molecule has 4 atom stereocenters. The van der Waals surface area contributed by atoms with Crippen LogP contribution in [0, 0.1) is 0 Å². The first kappa shape index (κ1) is 29.1. The highest BCUT2D eigenvalue weighted by Gasteiger charge is 2.39. The number of carbonyl (C=O) groups is 5. The van der Waals surface area contributed by atoms with Crippen LogP contribution in [0.3, 0.4) is 0 Å². The Bertz CT molecular complexity index is 930. The number of carboxylic acids is 2. The predicted molar refractivity (Wildman–Crippen MR) is 134 cm³/mol. The topological polar surface area (TPSA) is 179 Å². The lowest BCUT2D eigenvalue weighted by atomic mass is 10.0. The fourth-order valence-corrected chi connectivity index (χ4v) is 4.50. The second kappa shape index (κ2) is 14.4. The third kappa shape index (κ3) is 8.83. The molecule has 1 aliphatic rings. The first-order chi connectivity index (χ1) is 17.1. The zero-order chi connectivity index (χ0) is 26.7. The van der Waals surface area contributed by atoms with Crippen LogP contribution >= 0.6 is 11.8 Å². The van der Waals surface area contributed by atoms with Gasteiger partial charge in [-0.25, -0.2) is 4.79 Å². The number of nitrogens with two attached hydrogens (primary N) is 1. The lowest BCUT2D eigenvalue weighted by molar-refractivity contribution is -0.145. The summed E-state index contributed by atoms with van der Waals surface area (Å²) < 4.78 is 0. The minimum Gasteiger partial charge on any atom is -0.481 e. The van der Waals surface area contributed by atoms with Gasteiger partial charge in [-0.3, -0.25) is 19.2 Å². The maximum atomic E-state index is 13.4. The lowest BCUT2D eigenvalue weighted by Crippen LogP contribution is -2.57. The van der Waals surface area contributed by atoms with Crippen molar-refractivity contribution in [3.63, 3.8) is 0 Å². The van der Waals surface area contributed by atoms with E-state index in [1.54, 1.807) is 0 Å². The van der Waals surface area contributed by atoms with E-state index in [4.69, 9.17) is 10.8 Å². The van der Waals surface area contributed by atoms with E-state index < -0.39 is 53.8 Å². The van der Waals surface area contributed by atoms with Crippen molar-refractivity contribution in [2.24, 2.45) is 5.73 Å². The average molecular weight is 523 g/mol. The van der Waals surface area contributed by atoms with E-state index in [9.17, 15) is 29.1 Å². The van der Waals surface area contributed by atoms with E-state index in [0.717, 1.165) is 5.56 Å². The molecule has 1 aliphatic heterocycles. The number of thioether (sulfide) groups is 1. The Morgan fingerprint density at radius 2 is 1.78 bits per heavy atom. The van der Waals surface area contributed by atoms with Gasteiger partial charge < -0.3 is 31.5 Å². The Morgan fingerprint density at radius 1 is 1.08 bits per heavy atom. The van der Waals surface area contributed by atoms with Gasteiger partial charge in [0.1, 0.15) is 18.1 Å². The molecule has 1 aromatic rings. The summed E-state index contributed by atoms with van der Waals surface area (Å²) in [6.07, 6.45) is 2.60. The number of rotatable bonds is 14. The summed E-state index contributed by atoms with van der Waals surface area (Å²) in [7, 11) is 0. The molecular formula is C24H34N4O7S. The zero-order valence-corrected chi connectivity index (χ0v) is 21.0. The van der Waals surface area contributed by atoms with Gasteiger partial charge in [-0.15, -0.1) is 0 Å². The Hall–Kier alpha value is -3.12. The highest BCUT2D eigenvalue weighted by atomic mass is 32.2. The molecule has 6 N–H and O–H groups in total. The molecule has 1 fully saturated rings. The van der Waals surface area contributed by atoms with Gasteiger partial charge in [0.15, 0.2) is 0 Å². The molecule has 11 nitrogen and oxygen atoms in total. The number of hydrogen-bond donors (Lipinski definition) is 5. The van der Waals surface area contributed by atoms with Gasteiger partial charge in [0.25, 0.3) is 0 Å². The van der Waals surface area contributed by atoms with Gasteiger partial charge >= 0.3 is 11.9 Å². The van der Waals surface area contributed by atoms with E-state index in [0.29, 0.717) is 18.6 Å². The number of aliphatic carboxylic acids is 2. The minimum absolute atomic E-state index is 0.172. The molecular weight excluding hydrogens is 488 g/mol. The third-order valence-electron chi connectivity index (χ3n) is 5.96. The molecule has 1 saturated heterocycles. The molecule has 1 aromatic carbocycles. The van der Waals surface area contributed by atoms with Crippen molar-refractivity contribution in [1.82, 2.24) is 15.5 Å². The molecule has 0 spiro atoms. The number of nitrogens with one attached hydrogen (secondary N) is 2. The number of amides is 3. The van der Waals surface area contributed by atoms with Crippen molar-refractivity contribution in [3.8, 4) is 0 Å². The third-order valence-corrected chi connectivity index (χ3v) is 6.60. The highest BCUT2D eigenvalue weighted by Crippen LogP contribution is 2.20. The largest absolute Gasteiger partial charge is 0.481 e. The van der Waals surface area contributed by atoms with Gasteiger partial charge in [0.05, 0.1) is 6.04 Å². The number of carboxylic acid groups (broad SMARTS) is 2. The molecule has 0 aromatic heterocycles. The van der Waals surface area contributed by atoms with Crippen LogP contribution in [0.5, 0.6) is 0 Å². The fourth-order valence-electron chi connectivity index (χ4n) is 4.03. The lowest BCUT2D eigenvalue weighted by Gasteiger charge is -2.30. The summed E-state index contributed by atoms with van der Waals surface area (Å²) in [4.78, 5) is 63.0. The summed E-state index contributed by atoms with van der Waals surface area (Å²) in [6, 6.07) is 4.96. The van der Waals surface area contributed by atoms with Gasteiger partial charge in [-0.1, -0.05) is 30.3 Å². The van der Waals surface area contributed by atoms with Crippen molar-refractivity contribution in [1.29, 1.82) is 0 Å². The van der Waals surface area contributed by atoms with Crippen LogP contribution in [0.4, 0.5) is 0 Å². The molecule has 36 heavy (non-hydrogen) atoms. The molecule has 0 saturated carbocycles. The quantitative estimate of drug-likeness (QED) is 0.228. The van der Waals surface area contributed by atoms with E-state index in [2.05, 4.69) is 10.6 Å². The molecule has 3 amide bonds. The molecule has 4 unspecified atom stereocenters. The molecule has 2 rings (SSSR count). The second-order valence-corrected chi connectivity index (χ2v) is 9.65. The second-order valence-electron chi connectivity index (χ2n) is 8.66. The molecule has 0 radical (unpaired) electrons. The number of benzene rings is 1. The number of likely N-dealkylation sites (tertiary alicyclic amines) is 1. The van der Waals surface area contributed by atoms with Crippen molar-refractivity contribution in [2.45, 2.75) is 62.7 Å². The maximum Gasteiger partial charge on any atom is 0.326 e. The van der Waals surface area contributed by atoms with Crippen molar-refractivity contribution < 1.29 is 34.2 Å². The molecule has 12 heteroatoms. The van der Waals surface area contributed by atoms with Crippen LogP contribution in [-0.2, 0) is 30.4 Å². The van der Waals surface area contributed by atoms with E-state index in [1.165, 1.54) is 16.7 Å². The zero-order valence-electron chi connectivity index (χ0n) is 20.2. The van der Waals surface area contributed by atoms with Crippen LogP contribution in [0.1, 0.15) is 37.7 Å². The van der Waals surface area contributed by atoms with E-state index in [1.807, 2.05) is 36.6 Å². The average Bonchev–Trinajstić information content (AvgIpc) is 3.34. The number of hydrogen-bond acceptors (Lipinski definition) is 7. The Morgan fingerprint density at radius 3 is 2.39 bits per heavy atom. The van der Waals surface area contributed by atoms with Gasteiger partial charge in [0, 0.05) is 13.0 Å². The number of nitrogens with zero attached hydrogens (tertiary/aromatic N) is 1. The standard InChI is InChI=1S/C24H34N4O7S/c1-36-13-11-18(24(34)35)27-22(32)19-8-5-12-28(19)23(33)17(9-10-20(29)30)26-21(31)16(25)14-15-6-3-2-4-7-15/h2-4,6-7,16-19H,5,8-14,25H2,1H3,(H,26,31)(H,27,32)(H,29,30)(H,34,35). The normalized spacial score (nSPS) is 17.6. The van der Waals surface area contributed by atoms with Crippen LogP contribution in [0.25, 0.3) is 0 Å². The summed E-state index contributed by atoms with van der Waals surface area (Å²) in [5, 5.41) is 23.6. The minimum atomic E-state index is -1.18. The Balaban J connectivity index is 2.10. The van der Waals surface area contributed by atoms with Crippen molar-refractivity contribution in [2.75, 3.05) is 18.6 Å². The van der Waals surface area contributed by atoms with Crippen molar-refractivity contribution >= 4 is 41.4 Å². The predicted octanol–water partition coefficient (Wildman–Crippen LogP) is 0.220. The van der Waals surface area contributed by atoms with E-state index >= 15 is 0 Å². The monoisotopic (exact) mass is 522 g/mol. The molecule has 1 heterocycles. The fraction of sp³-hybridized carbons (Fsp3) is 0.542. The molecule has 198 valence electrons. The summed E-state index contributed by atoms with van der Waals surface area (Å²) >= 11 is 1.45. The van der Waals surface area contributed by atoms with Gasteiger partial charge in [0.2, 0.25) is 17.7 Å². The van der Waals surface area contributed by atoms with Crippen LogP contribution in [-0.4, -0.2) is 87.5 Å². The van der Waals surface area contributed by atoms with Crippen molar-refractivity contribution in [3.05, 3.63) is 35.9 Å². The summed E-state index contributed by atoms with van der Waals surface area (Å²) in [5.74, 6) is -3.54. The Kier molecular flexibility index (Phi) is 11.7. The maximum absolute atomic E-state index is 13.4. The van der Waals surface area contributed by atoms with Gasteiger partial charge in [-0.05, 0) is 49.7 Å². The smallest absolute Gasteiger partial charge is 0.326 e. The first-order valence-corrected chi connectivity index (χ1v) is 13.2. The van der Waals surface area contributed by atoms with E-state index in [-0.39, 0.29) is 32.2 Å². The van der Waals surface area contributed by atoms with Crippen LogP contribution < -0.4 is 16.4 Å².